The lowest BCUT2D eigenvalue weighted by atomic mass is 9.79. The number of benzene rings is 3. The van der Waals surface area contributed by atoms with Crippen LogP contribution in [0.5, 0.6) is 11.5 Å². The van der Waals surface area contributed by atoms with Crippen molar-refractivity contribution in [2.75, 3.05) is 0 Å². The molecular formula is C28H17ClF6N2O3. The molecule has 12 heteroatoms. The topological polar surface area (TPSA) is 60.5 Å². The zero-order valence-electron chi connectivity index (χ0n) is 20.1. The molecule has 1 N–H and O–H groups in total. The zero-order valence-corrected chi connectivity index (χ0v) is 20.9. The maximum Gasteiger partial charge on any atom is 0.586 e. The third-order valence-electron chi connectivity index (χ3n) is 6.23. The van der Waals surface area contributed by atoms with Gasteiger partial charge in [-0.05, 0) is 42.0 Å². The van der Waals surface area contributed by atoms with Crippen LogP contribution in [-0.4, -0.2) is 17.2 Å². The monoisotopic (exact) mass is 578 g/mol. The van der Waals surface area contributed by atoms with Gasteiger partial charge in [-0.3, -0.25) is 9.78 Å². The summed E-state index contributed by atoms with van der Waals surface area (Å²) in [4.78, 5) is 17.9. The summed E-state index contributed by atoms with van der Waals surface area (Å²) in [5, 5.41) is 2.91. The summed E-state index contributed by atoms with van der Waals surface area (Å²) in [6, 6.07) is 17.2. The van der Waals surface area contributed by atoms with Crippen molar-refractivity contribution in [3.05, 3.63) is 124 Å². The third kappa shape index (κ3) is 5.29. The van der Waals surface area contributed by atoms with Crippen LogP contribution in [0.2, 0.25) is 5.02 Å². The van der Waals surface area contributed by atoms with E-state index >= 15 is 0 Å². The highest BCUT2D eigenvalue weighted by Gasteiger charge is 2.49. The Morgan fingerprint density at radius 1 is 0.925 bits per heavy atom. The van der Waals surface area contributed by atoms with Crippen molar-refractivity contribution < 1.29 is 40.6 Å². The van der Waals surface area contributed by atoms with Gasteiger partial charge >= 0.3 is 12.5 Å². The Labute approximate surface area is 228 Å². The second kappa shape index (κ2) is 10.1. The molecule has 5 nitrogen and oxygen atoms in total. The Balaban J connectivity index is 1.73. The number of rotatable bonds is 6. The van der Waals surface area contributed by atoms with Crippen molar-refractivity contribution in [1.82, 2.24) is 10.3 Å². The van der Waals surface area contributed by atoms with Crippen LogP contribution in [0.1, 0.15) is 32.7 Å². The third-order valence-corrected chi connectivity index (χ3v) is 6.45. The van der Waals surface area contributed by atoms with Crippen molar-refractivity contribution in [1.29, 1.82) is 0 Å². The Morgan fingerprint density at radius 2 is 1.68 bits per heavy atom. The molecule has 0 saturated carbocycles. The highest BCUT2D eigenvalue weighted by atomic mass is 35.5. The van der Waals surface area contributed by atoms with Crippen molar-refractivity contribution in [3.8, 4) is 11.5 Å². The van der Waals surface area contributed by atoms with Crippen LogP contribution in [0.3, 0.4) is 0 Å². The molecule has 40 heavy (non-hydrogen) atoms. The number of nitrogens with zero attached hydrogens (tertiary/aromatic N) is 1. The average Bonchev–Trinajstić information content (AvgIpc) is 3.22. The summed E-state index contributed by atoms with van der Waals surface area (Å²) in [6.07, 6.45) is -7.95. The second-order valence-electron chi connectivity index (χ2n) is 8.88. The first-order valence-corrected chi connectivity index (χ1v) is 12.0. The molecular weight excluding hydrogens is 562 g/mol. The van der Waals surface area contributed by atoms with E-state index in [9.17, 15) is 31.1 Å². The van der Waals surface area contributed by atoms with Crippen molar-refractivity contribution in [3.63, 3.8) is 0 Å². The van der Waals surface area contributed by atoms with Gasteiger partial charge in [0.1, 0.15) is 11.4 Å². The summed E-state index contributed by atoms with van der Waals surface area (Å²) in [7, 11) is 0. The summed E-state index contributed by atoms with van der Waals surface area (Å²) in [5.41, 5.74) is -3.32. The molecule has 0 radical (unpaired) electrons. The van der Waals surface area contributed by atoms with E-state index in [0.29, 0.717) is 17.7 Å². The van der Waals surface area contributed by atoms with Gasteiger partial charge < -0.3 is 14.8 Å². The highest BCUT2D eigenvalue weighted by molar-refractivity contribution is 6.30. The Bertz CT molecular complexity index is 1570. The standard InChI is InChI=1S/C28H17ClF6N2O3/c29-18-10-12-23(36-15-18)26(14-16-5-2-1-3-6-16,19-7-4-8-22-24(19)40-28(34,35)39-22)37-25(38)17-9-11-21(30)20(13-17)27(31,32)33/h1-13,15H,14H2,(H,37,38). The lowest BCUT2D eigenvalue weighted by molar-refractivity contribution is -0.287. The van der Waals surface area contributed by atoms with E-state index in [1.54, 1.807) is 30.3 Å². The fourth-order valence-electron chi connectivity index (χ4n) is 4.48. The smallest absolute Gasteiger partial charge is 0.395 e. The van der Waals surface area contributed by atoms with E-state index in [0.717, 1.165) is 6.07 Å². The van der Waals surface area contributed by atoms with E-state index in [1.807, 2.05) is 0 Å². The number of fused-ring (bicyclic) bond motifs is 1. The SMILES string of the molecule is O=C(NC(Cc1ccccc1)(c1ccc(Cl)cn1)c1cccc2c1OC(F)(F)O2)c1ccc(F)c(C(F)(F)F)c1. The maximum atomic E-state index is 14.2. The summed E-state index contributed by atoms with van der Waals surface area (Å²) >= 11 is 6.04. The van der Waals surface area contributed by atoms with E-state index < -0.39 is 46.6 Å². The van der Waals surface area contributed by atoms with Gasteiger partial charge in [0, 0.05) is 23.7 Å². The molecule has 2 heterocycles. The minimum absolute atomic E-state index is 0.0210. The van der Waals surface area contributed by atoms with Gasteiger partial charge in [0.25, 0.3) is 5.91 Å². The molecule has 1 aliphatic rings. The number of ether oxygens (including phenoxy) is 2. The van der Waals surface area contributed by atoms with Crippen LogP contribution < -0.4 is 14.8 Å². The highest BCUT2D eigenvalue weighted by Crippen LogP contribution is 2.49. The van der Waals surface area contributed by atoms with Gasteiger partial charge in [-0.2, -0.15) is 13.2 Å². The van der Waals surface area contributed by atoms with Gasteiger partial charge in [0.05, 0.1) is 16.3 Å². The van der Waals surface area contributed by atoms with Crippen molar-refractivity contribution in [2.45, 2.75) is 24.4 Å². The predicted molar refractivity (Wildman–Crippen MR) is 132 cm³/mol. The van der Waals surface area contributed by atoms with E-state index in [4.69, 9.17) is 16.3 Å². The number of hydrogen-bond donors (Lipinski definition) is 1. The number of alkyl halides is 5. The lowest BCUT2D eigenvalue weighted by Crippen LogP contribution is -2.49. The van der Waals surface area contributed by atoms with Crippen molar-refractivity contribution >= 4 is 17.5 Å². The molecule has 1 aliphatic heterocycles. The molecule has 1 aromatic heterocycles. The van der Waals surface area contributed by atoms with Crippen molar-refractivity contribution in [2.24, 2.45) is 0 Å². The molecule has 4 aromatic rings. The number of carbonyl (C=O) groups is 1. The molecule has 0 bridgehead atoms. The van der Waals surface area contributed by atoms with Crippen LogP contribution in [0.4, 0.5) is 26.3 Å². The number of amides is 1. The molecule has 1 atom stereocenters. The Morgan fingerprint density at radius 3 is 2.35 bits per heavy atom. The van der Waals surface area contributed by atoms with Crippen LogP contribution in [-0.2, 0) is 18.1 Å². The molecule has 206 valence electrons. The number of pyridine rings is 1. The molecule has 5 rings (SSSR count). The number of hydrogen-bond acceptors (Lipinski definition) is 4. The quantitative estimate of drug-likeness (QED) is 0.247. The molecule has 1 unspecified atom stereocenters. The van der Waals surface area contributed by atoms with Crippen LogP contribution in [0, 0.1) is 5.82 Å². The molecule has 0 fully saturated rings. The summed E-state index contributed by atoms with van der Waals surface area (Å²) < 4.78 is 92.0. The summed E-state index contributed by atoms with van der Waals surface area (Å²) in [6.45, 7) is 0. The van der Waals surface area contributed by atoms with E-state index in [2.05, 4.69) is 15.0 Å². The lowest BCUT2D eigenvalue weighted by Gasteiger charge is -2.36. The Hall–Kier alpha value is -4.25. The summed E-state index contributed by atoms with van der Waals surface area (Å²) in [5.74, 6) is -3.37. The van der Waals surface area contributed by atoms with Gasteiger partial charge in [0.2, 0.25) is 0 Å². The van der Waals surface area contributed by atoms with Gasteiger partial charge in [0.15, 0.2) is 11.5 Å². The fourth-order valence-corrected chi connectivity index (χ4v) is 4.60. The predicted octanol–water partition coefficient (Wildman–Crippen LogP) is 7.13. The number of para-hydroxylation sites is 1. The normalized spacial score (nSPS) is 15.4. The number of carbonyl (C=O) groups excluding carboxylic acids is 1. The first kappa shape index (κ1) is 27.3. The Kier molecular flexibility index (Phi) is 6.87. The van der Waals surface area contributed by atoms with Crippen LogP contribution >= 0.6 is 11.6 Å². The van der Waals surface area contributed by atoms with Crippen LogP contribution in [0.25, 0.3) is 0 Å². The molecule has 0 spiro atoms. The molecule has 1 amide bonds. The maximum absolute atomic E-state index is 14.2. The fraction of sp³-hybridized carbons (Fsp3) is 0.143. The minimum atomic E-state index is -5.07. The first-order valence-electron chi connectivity index (χ1n) is 11.6. The average molecular weight is 579 g/mol. The van der Waals surface area contributed by atoms with Gasteiger partial charge in [-0.1, -0.05) is 54.1 Å². The van der Waals surface area contributed by atoms with E-state index in [1.165, 1.54) is 36.5 Å². The number of halogens is 7. The zero-order chi connectivity index (χ0) is 28.7. The number of nitrogens with one attached hydrogen (secondary N) is 1. The van der Waals surface area contributed by atoms with Gasteiger partial charge in [-0.25, -0.2) is 4.39 Å². The molecule has 3 aromatic carbocycles. The first-order chi connectivity index (χ1) is 18.9. The minimum Gasteiger partial charge on any atom is -0.395 e. The van der Waals surface area contributed by atoms with Gasteiger partial charge in [-0.15, -0.1) is 8.78 Å². The molecule has 0 saturated heterocycles. The largest absolute Gasteiger partial charge is 0.586 e. The second-order valence-corrected chi connectivity index (χ2v) is 9.31. The molecule has 0 aliphatic carbocycles. The van der Waals surface area contributed by atoms with E-state index in [-0.39, 0.29) is 28.5 Å². The number of aromatic nitrogens is 1. The van der Waals surface area contributed by atoms with Crippen LogP contribution in [0.15, 0.2) is 85.1 Å².